The van der Waals surface area contributed by atoms with E-state index in [1.54, 1.807) is 30.7 Å². The standard InChI is InChI=1S/C23H21N5O/c1-14-10-18-12-26-13-28(18)15(2)21(14)23(29)27-17-8-9-20(24)19(11-17)22(25)16-6-4-3-5-7-16/h3-13,25H,24H2,1-2H3,(H,27,29). The Morgan fingerprint density at radius 2 is 1.86 bits per heavy atom. The van der Waals surface area contributed by atoms with Gasteiger partial charge >= 0.3 is 0 Å². The van der Waals surface area contributed by atoms with Gasteiger partial charge in [0.1, 0.15) is 0 Å². The Kier molecular flexibility index (Phi) is 4.60. The Morgan fingerprint density at radius 3 is 2.62 bits per heavy atom. The second-order valence-electron chi connectivity index (χ2n) is 6.97. The maximum atomic E-state index is 13.0. The molecular formula is C23H21N5O. The summed E-state index contributed by atoms with van der Waals surface area (Å²) in [6.07, 6.45) is 3.46. The lowest BCUT2D eigenvalue weighted by Crippen LogP contribution is -2.17. The summed E-state index contributed by atoms with van der Waals surface area (Å²) < 4.78 is 1.89. The molecule has 29 heavy (non-hydrogen) atoms. The van der Waals surface area contributed by atoms with Crippen molar-refractivity contribution in [2.45, 2.75) is 13.8 Å². The molecule has 0 unspecified atom stereocenters. The van der Waals surface area contributed by atoms with E-state index in [0.29, 0.717) is 28.2 Å². The summed E-state index contributed by atoms with van der Waals surface area (Å²) in [7, 11) is 0. The van der Waals surface area contributed by atoms with Gasteiger partial charge in [0.25, 0.3) is 5.91 Å². The van der Waals surface area contributed by atoms with Gasteiger partial charge in [0, 0.05) is 28.2 Å². The van der Waals surface area contributed by atoms with Crippen LogP contribution in [0.2, 0.25) is 0 Å². The van der Waals surface area contributed by atoms with Crippen molar-refractivity contribution < 1.29 is 4.79 Å². The molecule has 2 heterocycles. The molecule has 0 saturated carbocycles. The quantitative estimate of drug-likeness (QED) is 0.364. The number of hydrogen-bond acceptors (Lipinski definition) is 4. The van der Waals surface area contributed by atoms with Crippen LogP contribution < -0.4 is 11.1 Å². The number of pyridine rings is 1. The number of rotatable bonds is 4. The number of carbonyl (C=O) groups is 1. The lowest BCUT2D eigenvalue weighted by molar-refractivity contribution is 0.102. The molecule has 2 aromatic carbocycles. The summed E-state index contributed by atoms with van der Waals surface area (Å²) in [4.78, 5) is 17.2. The first kappa shape index (κ1) is 18.4. The SMILES string of the molecule is Cc1cc2cncn2c(C)c1C(=O)Nc1ccc(N)c(C(=N)c2ccccc2)c1. The highest BCUT2D eigenvalue weighted by Crippen LogP contribution is 2.23. The fourth-order valence-corrected chi connectivity index (χ4v) is 3.54. The Bertz CT molecular complexity index is 1240. The summed E-state index contributed by atoms with van der Waals surface area (Å²) in [5, 5.41) is 11.4. The van der Waals surface area contributed by atoms with Gasteiger partial charge in [0.15, 0.2) is 0 Å². The van der Waals surface area contributed by atoms with E-state index in [4.69, 9.17) is 11.1 Å². The number of aromatic nitrogens is 2. The molecule has 0 radical (unpaired) electrons. The third-order valence-electron chi connectivity index (χ3n) is 5.02. The van der Waals surface area contributed by atoms with Crippen molar-refractivity contribution in [3.05, 3.63) is 95.1 Å². The van der Waals surface area contributed by atoms with E-state index in [0.717, 1.165) is 22.3 Å². The van der Waals surface area contributed by atoms with Gasteiger partial charge in [-0.3, -0.25) is 10.2 Å². The number of nitrogen functional groups attached to an aromatic ring is 1. The van der Waals surface area contributed by atoms with Crippen LogP contribution in [0.4, 0.5) is 11.4 Å². The molecular weight excluding hydrogens is 362 g/mol. The number of anilines is 2. The van der Waals surface area contributed by atoms with Gasteiger partial charge in [-0.15, -0.1) is 0 Å². The molecule has 144 valence electrons. The van der Waals surface area contributed by atoms with Crippen LogP contribution in [0, 0.1) is 19.3 Å². The van der Waals surface area contributed by atoms with E-state index in [2.05, 4.69) is 10.3 Å². The minimum Gasteiger partial charge on any atom is -0.398 e. The van der Waals surface area contributed by atoms with E-state index < -0.39 is 0 Å². The zero-order valence-electron chi connectivity index (χ0n) is 16.2. The number of nitrogens with zero attached hydrogens (tertiary/aromatic N) is 2. The highest BCUT2D eigenvalue weighted by atomic mass is 16.1. The Balaban J connectivity index is 1.67. The fraction of sp³-hybridized carbons (Fsp3) is 0.0870. The molecule has 0 spiro atoms. The van der Waals surface area contributed by atoms with Crippen LogP contribution in [0.25, 0.3) is 5.52 Å². The third-order valence-corrected chi connectivity index (χ3v) is 5.02. The van der Waals surface area contributed by atoms with E-state index in [9.17, 15) is 4.79 Å². The summed E-state index contributed by atoms with van der Waals surface area (Å²) in [5.41, 5.74) is 12.1. The molecule has 0 aliphatic heterocycles. The number of imidazole rings is 1. The molecule has 0 aliphatic carbocycles. The highest BCUT2D eigenvalue weighted by Gasteiger charge is 2.17. The largest absolute Gasteiger partial charge is 0.398 e. The Hall–Kier alpha value is -3.93. The lowest BCUT2D eigenvalue weighted by Gasteiger charge is -2.14. The molecule has 0 atom stereocenters. The minimum absolute atomic E-state index is 0.211. The molecule has 0 aliphatic rings. The zero-order chi connectivity index (χ0) is 20.5. The maximum absolute atomic E-state index is 13.0. The number of nitrogens with one attached hydrogen (secondary N) is 2. The summed E-state index contributed by atoms with van der Waals surface area (Å²) in [6, 6.07) is 16.5. The molecule has 6 nitrogen and oxygen atoms in total. The van der Waals surface area contributed by atoms with E-state index in [1.165, 1.54) is 0 Å². The van der Waals surface area contributed by atoms with Crippen LogP contribution >= 0.6 is 0 Å². The van der Waals surface area contributed by atoms with Gasteiger partial charge in [-0.1, -0.05) is 30.3 Å². The summed E-state index contributed by atoms with van der Waals surface area (Å²) in [5.74, 6) is -0.211. The molecule has 4 N–H and O–H groups in total. The van der Waals surface area contributed by atoms with E-state index in [1.807, 2.05) is 54.6 Å². The molecule has 2 aromatic heterocycles. The second kappa shape index (κ2) is 7.24. The zero-order valence-corrected chi connectivity index (χ0v) is 16.2. The number of amides is 1. The van der Waals surface area contributed by atoms with Crippen molar-refractivity contribution >= 4 is 28.5 Å². The highest BCUT2D eigenvalue weighted by molar-refractivity contribution is 6.15. The number of fused-ring (bicyclic) bond motifs is 1. The van der Waals surface area contributed by atoms with Crippen molar-refractivity contribution in [1.29, 1.82) is 5.41 Å². The van der Waals surface area contributed by atoms with Crippen molar-refractivity contribution in [1.82, 2.24) is 9.38 Å². The summed E-state index contributed by atoms with van der Waals surface area (Å²) >= 11 is 0. The molecule has 0 fully saturated rings. The average Bonchev–Trinajstić information content (AvgIpc) is 3.18. The van der Waals surface area contributed by atoms with Crippen LogP contribution in [0.3, 0.4) is 0 Å². The van der Waals surface area contributed by atoms with Crippen LogP contribution in [0.5, 0.6) is 0 Å². The van der Waals surface area contributed by atoms with Crippen molar-refractivity contribution in [3.8, 4) is 0 Å². The lowest BCUT2D eigenvalue weighted by atomic mass is 10.00. The first-order valence-electron chi connectivity index (χ1n) is 9.23. The van der Waals surface area contributed by atoms with Crippen molar-refractivity contribution in [3.63, 3.8) is 0 Å². The topological polar surface area (TPSA) is 96.3 Å². The van der Waals surface area contributed by atoms with Gasteiger partial charge < -0.3 is 15.5 Å². The minimum atomic E-state index is -0.211. The first-order valence-corrected chi connectivity index (χ1v) is 9.23. The predicted octanol–water partition coefficient (Wildman–Crippen LogP) is 4.20. The van der Waals surface area contributed by atoms with Crippen LogP contribution in [-0.4, -0.2) is 21.0 Å². The van der Waals surface area contributed by atoms with E-state index in [-0.39, 0.29) is 5.91 Å². The number of benzene rings is 2. The number of aryl methyl sites for hydroxylation is 2. The molecule has 6 heteroatoms. The van der Waals surface area contributed by atoms with Crippen LogP contribution in [-0.2, 0) is 0 Å². The fourth-order valence-electron chi connectivity index (χ4n) is 3.54. The van der Waals surface area contributed by atoms with Crippen molar-refractivity contribution in [2.24, 2.45) is 0 Å². The Labute approximate surface area is 168 Å². The van der Waals surface area contributed by atoms with E-state index >= 15 is 0 Å². The number of hydrogen-bond donors (Lipinski definition) is 3. The molecule has 0 saturated heterocycles. The third kappa shape index (κ3) is 3.36. The summed E-state index contributed by atoms with van der Waals surface area (Å²) in [6.45, 7) is 3.81. The normalized spacial score (nSPS) is 10.8. The molecule has 4 rings (SSSR count). The smallest absolute Gasteiger partial charge is 0.257 e. The monoisotopic (exact) mass is 383 g/mol. The second-order valence-corrected chi connectivity index (χ2v) is 6.97. The van der Waals surface area contributed by atoms with Crippen LogP contribution in [0.15, 0.2) is 67.1 Å². The van der Waals surface area contributed by atoms with Gasteiger partial charge in [-0.25, -0.2) is 4.98 Å². The van der Waals surface area contributed by atoms with Gasteiger partial charge in [0.2, 0.25) is 0 Å². The molecule has 0 bridgehead atoms. The van der Waals surface area contributed by atoms with Gasteiger partial charge in [-0.05, 0) is 43.7 Å². The predicted molar refractivity (Wildman–Crippen MR) is 116 cm³/mol. The first-order chi connectivity index (χ1) is 14.0. The maximum Gasteiger partial charge on any atom is 0.257 e. The molecule has 4 aromatic rings. The number of carbonyl (C=O) groups excluding carboxylic acids is 1. The number of nitrogens with two attached hydrogens (primary N) is 1. The molecule has 1 amide bonds. The Morgan fingerprint density at radius 1 is 1.10 bits per heavy atom. The average molecular weight is 383 g/mol. The van der Waals surface area contributed by atoms with Gasteiger partial charge in [-0.2, -0.15) is 0 Å². The van der Waals surface area contributed by atoms with Crippen molar-refractivity contribution in [2.75, 3.05) is 11.1 Å². The van der Waals surface area contributed by atoms with Crippen LogP contribution in [0.1, 0.15) is 32.7 Å². The van der Waals surface area contributed by atoms with Gasteiger partial charge in [0.05, 0.1) is 29.3 Å².